The standard InChI is InChI=1S/C17H17F3O2/c1-12-3-4-14(9-16(12)17(18,19)20)11-22-10-13-5-7-15(21-2)8-6-13/h3-9H,10-11H2,1-2H3. The van der Waals surface area contributed by atoms with Crippen LogP contribution in [0.3, 0.4) is 0 Å². The van der Waals surface area contributed by atoms with Crippen molar-refractivity contribution >= 4 is 0 Å². The number of halogens is 3. The Hall–Kier alpha value is -2.01. The molecule has 2 aromatic rings. The van der Waals surface area contributed by atoms with Crippen molar-refractivity contribution in [1.29, 1.82) is 0 Å². The second-order valence-electron chi connectivity index (χ2n) is 4.99. The molecule has 2 aromatic carbocycles. The maximum Gasteiger partial charge on any atom is 0.416 e. The van der Waals surface area contributed by atoms with Gasteiger partial charge in [-0.15, -0.1) is 0 Å². The second-order valence-corrected chi connectivity index (χ2v) is 4.99. The minimum atomic E-state index is -4.34. The first-order valence-corrected chi connectivity index (χ1v) is 6.77. The topological polar surface area (TPSA) is 18.5 Å². The average Bonchev–Trinajstić information content (AvgIpc) is 2.48. The molecule has 0 saturated heterocycles. The number of hydrogen-bond donors (Lipinski definition) is 0. The van der Waals surface area contributed by atoms with E-state index in [-0.39, 0.29) is 12.2 Å². The Labute approximate surface area is 127 Å². The normalized spacial score (nSPS) is 11.5. The van der Waals surface area contributed by atoms with E-state index >= 15 is 0 Å². The van der Waals surface area contributed by atoms with Crippen LogP contribution < -0.4 is 4.74 Å². The van der Waals surface area contributed by atoms with Gasteiger partial charge in [-0.2, -0.15) is 13.2 Å². The molecule has 5 heteroatoms. The molecule has 0 N–H and O–H groups in total. The molecule has 0 aliphatic rings. The zero-order chi connectivity index (χ0) is 16.2. The summed E-state index contributed by atoms with van der Waals surface area (Å²) >= 11 is 0. The summed E-state index contributed by atoms with van der Waals surface area (Å²) < 4.78 is 49.0. The van der Waals surface area contributed by atoms with Crippen LogP contribution in [0, 0.1) is 6.92 Å². The quantitative estimate of drug-likeness (QED) is 0.794. The zero-order valence-corrected chi connectivity index (χ0v) is 12.4. The lowest BCUT2D eigenvalue weighted by molar-refractivity contribution is -0.138. The maximum absolute atomic E-state index is 12.8. The summed E-state index contributed by atoms with van der Waals surface area (Å²) in [6.45, 7) is 1.92. The van der Waals surface area contributed by atoms with Gasteiger partial charge in [-0.25, -0.2) is 0 Å². The van der Waals surface area contributed by atoms with Crippen LogP contribution in [0.25, 0.3) is 0 Å². The molecule has 0 fully saturated rings. The fourth-order valence-electron chi connectivity index (χ4n) is 2.07. The van der Waals surface area contributed by atoms with E-state index in [0.717, 1.165) is 17.4 Å². The third-order valence-corrected chi connectivity index (χ3v) is 3.30. The average molecular weight is 310 g/mol. The molecule has 0 heterocycles. The largest absolute Gasteiger partial charge is 0.497 e. The molecule has 22 heavy (non-hydrogen) atoms. The van der Waals surface area contributed by atoms with E-state index in [9.17, 15) is 13.2 Å². The Morgan fingerprint density at radius 3 is 2.09 bits per heavy atom. The smallest absolute Gasteiger partial charge is 0.416 e. The van der Waals surface area contributed by atoms with Crippen LogP contribution in [0.2, 0.25) is 0 Å². The number of ether oxygens (including phenoxy) is 2. The van der Waals surface area contributed by atoms with Gasteiger partial charge in [-0.1, -0.05) is 24.3 Å². The van der Waals surface area contributed by atoms with Crippen molar-refractivity contribution in [2.75, 3.05) is 7.11 Å². The van der Waals surface area contributed by atoms with Crippen molar-refractivity contribution in [2.24, 2.45) is 0 Å². The maximum atomic E-state index is 12.8. The van der Waals surface area contributed by atoms with E-state index in [4.69, 9.17) is 9.47 Å². The third-order valence-electron chi connectivity index (χ3n) is 3.30. The van der Waals surface area contributed by atoms with Gasteiger partial charge < -0.3 is 9.47 Å². The number of methoxy groups -OCH3 is 1. The van der Waals surface area contributed by atoms with E-state index in [1.165, 1.54) is 13.0 Å². The van der Waals surface area contributed by atoms with Gasteiger partial charge in [0.2, 0.25) is 0 Å². The monoisotopic (exact) mass is 310 g/mol. The van der Waals surface area contributed by atoms with Crippen molar-refractivity contribution in [3.63, 3.8) is 0 Å². The van der Waals surface area contributed by atoms with Gasteiger partial charge in [0.1, 0.15) is 5.75 Å². The molecule has 0 unspecified atom stereocenters. The highest BCUT2D eigenvalue weighted by Gasteiger charge is 2.32. The fourth-order valence-corrected chi connectivity index (χ4v) is 2.07. The van der Waals surface area contributed by atoms with E-state index in [1.54, 1.807) is 13.2 Å². The number of hydrogen-bond acceptors (Lipinski definition) is 2. The van der Waals surface area contributed by atoms with Gasteiger partial charge in [0, 0.05) is 0 Å². The molecule has 2 rings (SSSR count). The van der Waals surface area contributed by atoms with Crippen molar-refractivity contribution in [1.82, 2.24) is 0 Å². The Morgan fingerprint density at radius 2 is 1.50 bits per heavy atom. The summed E-state index contributed by atoms with van der Waals surface area (Å²) in [7, 11) is 1.58. The highest BCUT2D eigenvalue weighted by Crippen LogP contribution is 2.32. The second kappa shape index (κ2) is 6.83. The summed E-state index contributed by atoms with van der Waals surface area (Å²) in [4.78, 5) is 0. The fraction of sp³-hybridized carbons (Fsp3) is 0.294. The Morgan fingerprint density at radius 1 is 0.909 bits per heavy atom. The predicted octanol–water partition coefficient (Wildman–Crippen LogP) is 4.74. The number of rotatable bonds is 5. The van der Waals surface area contributed by atoms with Crippen LogP contribution >= 0.6 is 0 Å². The predicted molar refractivity (Wildman–Crippen MR) is 77.7 cm³/mol. The molecule has 0 aliphatic heterocycles. The molecule has 0 amide bonds. The molecule has 0 radical (unpaired) electrons. The first-order valence-electron chi connectivity index (χ1n) is 6.77. The summed E-state index contributed by atoms with van der Waals surface area (Å²) in [5.74, 6) is 0.747. The van der Waals surface area contributed by atoms with Crippen LogP contribution in [0.4, 0.5) is 13.2 Å². The minimum absolute atomic E-state index is 0.134. The zero-order valence-electron chi connectivity index (χ0n) is 12.4. The molecule has 0 saturated carbocycles. The summed E-state index contributed by atoms with van der Waals surface area (Å²) in [6.07, 6.45) is -4.34. The van der Waals surface area contributed by atoms with Crippen molar-refractivity contribution in [2.45, 2.75) is 26.3 Å². The SMILES string of the molecule is COc1ccc(COCc2ccc(C)c(C(F)(F)F)c2)cc1. The third kappa shape index (κ3) is 4.24. The molecule has 2 nitrogen and oxygen atoms in total. The van der Waals surface area contributed by atoms with Crippen LogP contribution in [-0.2, 0) is 24.1 Å². The van der Waals surface area contributed by atoms with Crippen molar-refractivity contribution in [3.8, 4) is 5.75 Å². The summed E-state index contributed by atoms with van der Waals surface area (Å²) in [6, 6.07) is 11.6. The molecular weight excluding hydrogens is 293 g/mol. The minimum Gasteiger partial charge on any atom is -0.497 e. The summed E-state index contributed by atoms with van der Waals surface area (Å²) in [5, 5.41) is 0. The number of benzene rings is 2. The Balaban J connectivity index is 1.96. The molecule has 0 atom stereocenters. The van der Waals surface area contributed by atoms with Crippen LogP contribution in [0.15, 0.2) is 42.5 Å². The van der Waals surface area contributed by atoms with E-state index in [1.807, 2.05) is 24.3 Å². The lowest BCUT2D eigenvalue weighted by Gasteiger charge is -2.12. The van der Waals surface area contributed by atoms with Gasteiger partial charge in [0.15, 0.2) is 0 Å². The van der Waals surface area contributed by atoms with Gasteiger partial charge in [-0.3, -0.25) is 0 Å². The van der Waals surface area contributed by atoms with Crippen molar-refractivity contribution < 1.29 is 22.6 Å². The van der Waals surface area contributed by atoms with Crippen molar-refractivity contribution in [3.05, 3.63) is 64.7 Å². The summed E-state index contributed by atoms with van der Waals surface area (Å²) in [5.41, 5.74) is 1.04. The first-order chi connectivity index (χ1) is 10.4. The number of alkyl halides is 3. The van der Waals surface area contributed by atoms with Crippen LogP contribution in [-0.4, -0.2) is 7.11 Å². The Bertz CT molecular complexity index is 619. The van der Waals surface area contributed by atoms with Gasteiger partial charge in [0.05, 0.1) is 25.9 Å². The highest BCUT2D eigenvalue weighted by atomic mass is 19.4. The molecule has 0 bridgehead atoms. The van der Waals surface area contributed by atoms with Gasteiger partial charge in [0.25, 0.3) is 0 Å². The van der Waals surface area contributed by atoms with E-state index in [0.29, 0.717) is 12.2 Å². The lowest BCUT2D eigenvalue weighted by atomic mass is 10.1. The molecule has 0 aliphatic carbocycles. The van der Waals surface area contributed by atoms with E-state index < -0.39 is 11.7 Å². The molecule has 118 valence electrons. The highest BCUT2D eigenvalue weighted by molar-refractivity contribution is 5.33. The van der Waals surface area contributed by atoms with E-state index in [2.05, 4.69) is 0 Å². The van der Waals surface area contributed by atoms with Gasteiger partial charge in [-0.05, 0) is 41.8 Å². The van der Waals surface area contributed by atoms with Crippen LogP contribution in [0.1, 0.15) is 22.3 Å². The number of aryl methyl sites for hydroxylation is 1. The molecule has 0 spiro atoms. The lowest BCUT2D eigenvalue weighted by Crippen LogP contribution is -2.08. The molecule has 0 aromatic heterocycles. The molecular formula is C17H17F3O2. The Kier molecular flexibility index (Phi) is 5.08. The van der Waals surface area contributed by atoms with Crippen LogP contribution in [0.5, 0.6) is 5.75 Å². The first kappa shape index (κ1) is 16.4. The van der Waals surface area contributed by atoms with Gasteiger partial charge >= 0.3 is 6.18 Å².